The highest BCUT2D eigenvalue weighted by atomic mass is 31.3. The van der Waals surface area contributed by atoms with E-state index in [1.165, 1.54) is 0 Å². The number of aromatic amines is 1. The average Bonchev–Trinajstić information content (AvgIpc) is 3.25. The molecule has 22 nitrogen and oxygen atoms in total. The van der Waals surface area contributed by atoms with Crippen molar-refractivity contribution in [1.82, 2.24) is 19.5 Å². The summed E-state index contributed by atoms with van der Waals surface area (Å²) in [6.07, 6.45) is -4.90. The molecule has 0 radical (unpaired) electrons. The lowest BCUT2D eigenvalue weighted by Crippen LogP contribution is -2.36. The summed E-state index contributed by atoms with van der Waals surface area (Å²) in [6, 6.07) is 0. The highest BCUT2D eigenvalue weighted by Crippen LogP contribution is 2.66. The zero-order valence-electron chi connectivity index (χ0n) is 17.3. The topological polar surface area (TPSA) is 337 Å². The van der Waals surface area contributed by atoms with Crippen molar-refractivity contribution in [3.8, 4) is 0 Å². The zero-order chi connectivity index (χ0) is 26.9. The fourth-order valence-corrected chi connectivity index (χ4v) is 6.06. The van der Waals surface area contributed by atoms with Crippen LogP contribution < -0.4 is 11.3 Å². The van der Waals surface area contributed by atoms with Gasteiger partial charge in [-0.3, -0.25) is 18.9 Å². The number of azide groups is 1. The number of aliphatic hydroxyl groups is 1. The van der Waals surface area contributed by atoms with Crippen molar-refractivity contribution < 1.29 is 61.0 Å². The molecule has 2 aromatic rings. The first-order chi connectivity index (χ1) is 16.6. The van der Waals surface area contributed by atoms with E-state index in [-0.39, 0.29) is 17.1 Å². The molecule has 0 spiro atoms. The van der Waals surface area contributed by atoms with Gasteiger partial charge in [0.1, 0.15) is 25.0 Å². The fraction of sp³-hybridized carbons (Fsp3) is 0.545. The molecule has 0 aliphatic carbocycles. The number of nitrogens with two attached hydrogens (primary N) is 1. The third-order valence-electron chi connectivity index (χ3n) is 4.24. The van der Waals surface area contributed by atoms with E-state index >= 15 is 0 Å². The fourth-order valence-electron chi connectivity index (χ4n) is 3.03. The van der Waals surface area contributed by atoms with E-state index in [1.807, 2.05) is 0 Å². The van der Waals surface area contributed by atoms with Crippen molar-refractivity contribution >= 4 is 40.6 Å². The molecular weight excluding hydrogens is 561 g/mol. The number of ether oxygens (including phenoxy) is 2. The van der Waals surface area contributed by atoms with Gasteiger partial charge in [0.05, 0.1) is 12.9 Å². The minimum atomic E-state index is -5.78. The molecule has 1 aliphatic heterocycles. The number of H-pyrrole nitrogens is 1. The zero-order valence-corrected chi connectivity index (χ0v) is 20.0. The Kier molecular flexibility index (Phi) is 8.36. The third kappa shape index (κ3) is 6.94. The molecule has 36 heavy (non-hydrogen) atoms. The lowest BCUT2D eigenvalue weighted by atomic mass is 10.1. The van der Waals surface area contributed by atoms with Gasteiger partial charge in [-0.1, -0.05) is 5.11 Å². The summed E-state index contributed by atoms with van der Waals surface area (Å²) in [5, 5.41) is 13.9. The maximum absolute atomic E-state index is 12.0. The summed E-state index contributed by atoms with van der Waals surface area (Å²) in [7, 11) is -16.9. The largest absolute Gasteiger partial charge is 0.490 e. The summed E-state index contributed by atoms with van der Waals surface area (Å²) in [5.74, 6) is -0.290. The molecule has 0 amide bonds. The van der Waals surface area contributed by atoms with Crippen molar-refractivity contribution in [1.29, 1.82) is 0 Å². The van der Waals surface area contributed by atoms with Gasteiger partial charge in [0.2, 0.25) is 5.95 Å². The molecule has 1 saturated heterocycles. The summed E-state index contributed by atoms with van der Waals surface area (Å²) in [6.45, 7) is -1.64. The molecule has 8 N–H and O–H groups in total. The molecule has 0 saturated carbocycles. The first-order valence-corrected chi connectivity index (χ1v) is 13.6. The molecule has 0 aromatic carbocycles. The number of nitrogens with one attached hydrogen (secondary N) is 1. The van der Waals surface area contributed by atoms with Gasteiger partial charge in [0.25, 0.3) is 5.56 Å². The number of hydrogen-bond donors (Lipinski definition) is 7. The molecule has 1 fully saturated rings. The SMILES string of the molecule is [N-]=[N+]=NCO[C@H]1[C@@H](O)[C@H](n2cnc3c(=O)[nH]c(N)nc32)O[C@@H]1COP(=O)(O)OP(=O)(O)OP(=O)(O)O. The number of aromatic nitrogens is 4. The molecule has 0 bridgehead atoms. The number of fused-ring (bicyclic) bond motifs is 1. The molecule has 2 unspecified atom stereocenters. The third-order valence-corrected chi connectivity index (χ3v) is 8.04. The first kappa shape index (κ1) is 28.3. The molecular formula is C11H17N8O14P3. The van der Waals surface area contributed by atoms with E-state index in [2.05, 4.69) is 38.1 Å². The van der Waals surface area contributed by atoms with Gasteiger partial charge < -0.3 is 39.9 Å². The second kappa shape index (κ2) is 10.6. The summed E-state index contributed by atoms with van der Waals surface area (Å²) in [5.41, 5.74) is 13.0. The maximum atomic E-state index is 12.0. The molecule has 25 heteroatoms. The van der Waals surface area contributed by atoms with Gasteiger partial charge >= 0.3 is 23.5 Å². The molecule has 6 atom stereocenters. The molecule has 3 heterocycles. The van der Waals surface area contributed by atoms with Crippen LogP contribution in [0.1, 0.15) is 6.23 Å². The number of imidazole rings is 1. The number of phosphoric ester groups is 1. The van der Waals surface area contributed by atoms with Crippen LogP contribution in [0.15, 0.2) is 16.2 Å². The Morgan fingerprint density at radius 1 is 1.25 bits per heavy atom. The lowest BCUT2D eigenvalue weighted by Gasteiger charge is -2.21. The van der Waals surface area contributed by atoms with Crippen LogP contribution in [0.3, 0.4) is 0 Å². The predicted octanol–water partition coefficient (Wildman–Crippen LogP) is -1.04. The highest BCUT2D eigenvalue weighted by Gasteiger charge is 2.48. The minimum Gasteiger partial charge on any atom is -0.386 e. The van der Waals surface area contributed by atoms with E-state index in [1.54, 1.807) is 0 Å². The Labute approximate surface area is 197 Å². The predicted molar refractivity (Wildman–Crippen MR) is 111 cm³/mol. The Hall–Kier alpha value is -2.25. The smallest absolute Gasteiger partial charge is 0.386 e. The van der Waals surface area contributed by atoms with Gasteiger partial charge in [-0.25, -0.2) is 18.7 Å². The monoisotopic (exact) mass is 578 g/mol. The van der Waals surface area contributed by atoms with Crippen LogP contribution in [0.2, 0.25) is 0 Å². The van der Waals surface area contributed by atoms with Crippen LogP contribution in [0.25, 0.3) is 21.6 Å². The van der Waals surface area contributed by atoms with Crippen LogP contribution in [-0.2, 0) is 36.3 Å². The number of rotatable bonds is 11. The van der Waals surface area contributed by atoms with Crippen LogP contribution in [0, 0.1) is 0 Å². The quantitative estimate of drug-likeness (QED) is 0.0724. The normalized spacial score (nSPS) is 25.8. The lowest BCUT2D eigenvalue weighted by molar-refractivity contribution is -0.0583. The van der Waals surface area contributed by atoms with E-state index in [9.17, 15) is 33.4 Å². The molecule has 3 rings (SSSR count). The van der Waals surface area contributed by atoms with Gasteiger partial charge in [0, 0.05) is 4.91 Å². The van der Waals surface area contributed by atoms with E-state index < -0.39 is 66.9 Å². The Morgan fingerprint density at radius 3 is 2.58 bits per heavy atom. The van der Waals surface area contributed by atoms with Crippen LogP contribution in [0.5, 0.6) is 0 Å². The van der Waals surface area contributed by atoms with E-state index in [0.29, 0.717) is 0 Å². The molecule has 2 aromatic heterocycles. The number of nitrogen functional groups attached to an aromatic ring is 1. The Balaban J connectivity index is 1.82. The number of hydrogen-bond acceptors (Lipinski definition) is 14. The number of anilines is 1. The minimum absolute atomic E-state index is 0.123. The molecule has 1 aliphatic rings. The van der Waals surface area contributed by atoms with Crippen molar-refractivity contribution in [2.45, 2.75) is 24.5 Å². The van der Waals surface area contributed by atoms with E-state index in [4.69, 9.17) is 30.5 Å². The number of phosphoric acid groups is 3. The van der Waals surface area contributed by atoms with Crippen molar-refractivity contribution in [3.05, 3.63) is 27.1 Å². The van der Waals surface area contributed by atoms with Crippen molar-refractivity contribution in [2.75, 3.05) is 19.1 Å². The first-order valence-electron chi connectivity index (χ1n) is 9.09. The van der Waals surface area contributed by atoms with Gasteiger partial charge in [-0.2, -0.15) is 13.6 Å². The highest BCUT2D eigenvalue weighted by molar-refractivity contribution is 7.66. The Morgan fingerprint density at radius 2 is 1.94 bits per heavy atom. The van der Waals surface area contributed by atoms with Gasteiger partial charge in [-0.05, 0) is 5.53 Å². The van der Waals surface area contributed by atoms with Crippen LogP contribution in [0.4, 0.5) is 5.95 Å². The van der Waals surface area contributed by atoms with Crippen molar-refractivity contribution in [3.63, 3.8) is 0 Å². The summed E-state index contributed by atoms with van der Waals surface area (Å²) >= 11 is 0. The van der Waals surface area contributed by atoms with Gasteiger partial charge in [0.15, 0.2) is 17.4 Å². The maximum Gasteiger partial charge on any atom is 0.490 e. The average molecular weight is 578 g/mol. The van der Waals surface area contributed by atoms with Crippen LogP contribution in [-0.4, -0.2) is 75.8 Å². The second-order valence-corrected chi connectivity index (χ2v) is 11.1. The molecule has 200 valence electrons. The summed E-state index contributed by atoms with van der Waals surface area (Å²) < 4.78 is 57.9. The van der Waals surface area contributed by atoms with Crippen LogP contribution >= 0.6 is 23.5 Å². The second-order valence-electron chi connectivity index (χ2n) is 6.71. The number of nitrogens with zero attached hydrogens (tertiary/aromatic N) is 6. The van der Waals surface area contributed by atoms with E-state index in [0.717, 1.165) is 10.9 Å². The Bertz CT molecular complexity index is 1370. The number of aliphatic hydroxyl groups excluding tert-OH is 1. The summed E-state index contributed by atoms with van der Waals surface area (Å²) in [4.78, 5) is 60.5. The standard InChI is InChI=1S/C11H17N8O14P3/c12-11-16-8-5(9(21)17-11)14-2-19(8)10-6(20)7(29-3-15-18-13)4(31-10)1-30-35(25,26)33-36(27,28)32-34(22,23)24/h2,4,6-7,10,20H,1,3H2,(H,25,26)(H,27,28)(H2,22,23,24)(H3,12,16,17,21)/t4-,6-,7-,10-/m1/s1. The van der Waals surface area contributed by atoms with Crippen molar-refractivity contribution in [2.24, 2.45) is 5.11 Å². The van der Waals surface area contributed by atoms with Gasteiger partial charge in [-0.15, -0.1) is 0 Å².